The number of nitrogens with two attached hydrogens (primary N) is 1. The summed E-state index contributed by atoms with van der Waals surface area (Å²) in [6.45, 7) is 2.01. The lowest BCUT2D eigenvalue weighted by atomic mass is 10.0. The third kappa shape index (κ3) is 3.34. The fourth-order valence-corrected chi connectivity index (χ4v) is 1.53. The van der Waals surface area contributed by atoms with Crippen LogP contribution in [-0.4, -0.2) is 28.9 Å². The van der Waals surface area contributed by atoms with Gasteiger partial charge in [0.25, 0.3) is 0 Å². The van der Waals surface area contributed by atoms with E-state index in [-0.39, 0.29) is 12.0 Å². The van der Waals surface area contributed by atoms with Gasteiger partial charge in [-0.25, -0.2) is 0 Å². The number of nitrogens with zero attached hydrogens (tertiary/aromatic N) is 2. The van der Waals surface area contributed by atoms with E-state index in [0.29, 0.717) is 12.8 Å². The average Bonchev–Trinajstić information content (AvgIpc) is 2.57. The van der Waals surface area contributed by atoms with Crippen LogP contribution in [0.25, 0.3) is 0 Å². The lowest BCUT2D eigenvalue weighted by Gasteiger charge is -2.10. The Morgan fingerprint density at radius 1 is 1.69 bits per heavy atom. The second kappa shape index (κ2) is 5.65. The van der Waals surface area contributed by atoms with Crippen LogP contribution >= 0.6 is 0 Å². The van der Waals surface area contributed by atoms with Crippen molar-refractivity contribution in [2.24, 2.45) is 12.8 Å². The van der Waals surface area contributed by atoms with Crippen molar-refractivity contribution in [3.8, 4) is 0 Å². The van der Waals surface area contributed by atoms with Crippen LogP contribution in [-0.2, 0) is 23.0 Å². The van der Waals surface area contributed by atoms with Gasteiger partial charge in [-0.3, -0.25) is 9.48 Å². The van der Waals surface area contributed by atoms with Crippen molar-refractivity contribution in [3.05, 3.63) is 17.5 Å². The first-order valence-electron chi connectivity index (χ1n) is 5.34. The van der Waals surface area contributed by atoms with Gasteiger partial charge >= 0.3 is 5.97 Å². The molecule has 1 atom stereocenters. The van der Waals surface area contributed by atoms with Gasteiger partial charge in [-0.2, -0.15) is 5.10 Å². The number of hydrogen-bond acceptors (Lipinski definition) is 4. The largest absolute Gasteiger partial charge is 0.469 e. The zero-order valence-electron chi connectivity index (χ0n) is 10.1. The van der Waals surface area contributed by atoms with Crippen molar-refractivity contribution in [2.45, 2.75) is 32.2 Å². The van der Waals surface area contributed by atoms with E-state index in [1.165, 1.54) is 7.11 Å². The van der Waals surface area contributed by atoms with Crippen LogP contribution in [0.2, 0.25) is 0 Å². The lowest BCUT2D eigenvalue weighted by molar-refractivity contribution is -0.140. The molecule has 0 amide bonds. The monoisotopic (exact) mass is 225 g/mol. The lowest BCUT2D eigenvalue weighted by Crippen LogP contribution is -2.24. The molecule has 0 spiro atoms. The maximum atomic E-state index is 10.9. The standard InChI is InChI=1S/C11H19N3O2/c1-8-9(7-13-14(8)2)6-10(12)4-5-11(15)16-3/h7,10H,4-6,12H2,1-3H3. The van der Waals surface area contributed by atoms with Gasteiger partial charge in [0.05, 0.1) is 13.3 Å². The van der Waals surface area contributed by atoms with E-state index in [4.69, 9.17) is 5.73 Å². The highest BCUT2D eigenvalue weighted by molar-refractivity contribution is 5.69. The Hall–Kier alpha value is -1.36. The summed E-state index contributed by atoms with van der Waals surface area (Å²) in [6.07, 6.45) is 3.59. The van der Waals surface area contributed by atoms with Crippen molar-refractivity contribution < 1.29 is 9.53 Å². The zero-order chi connectivity index (χ0) is 12.1. The van der Waals surface area contributed by atoms with E-state index in [0.717, 1.165) is 17.7 Å². The van der Waals surface area contributed by atoms with Crippen LogP contribution in [0.1, 0.15) is 24.1 Å². The first kappa shape index (κ1) is 12.7. The Morgan fingerprint density at radius 2 is 2.38 bits per heavy atom. The number of ether oxygens (including phenoxy) is 1. The normalized spacial score (nSPS) is 12.5. The van der Waals surface area contributed by atoms with Crippen molar-refractivity contribution >= 4 is 5.97 Å². The number of esters is 1. The summed E-state index contributed by atoms with van der Waals surface area (Å²) in [7, 11) is 3.29. The first-order chi connectivity index (χ1) is 7.54. The maximum absolute atomic E-state index is 10.9. The van der Waals surface area contributed by atoms with Crippen LogP contribution in [0, 0.1) is 6.92 Å². The minimum Gasteiger partial charge on any atom is -0.469 e. The molecule has 0 aliphatic rings. The topological polar surface area (TPSA) is 70.1 Å². The molecule has 1 rings (SSSR count). The smallest absolute Gasteiger partial charge is 0.305 e. The molecule has 2 N–H and O–H groups in total. The Kier molecular flexibility index (Phi) is 4.49. The molecule has 0 saturated heterocycles. The first-order valence-corrected chi connectivity index (χ1v) is 5.34. The Labute approximate surface area is 95.6 Å². The SMILES string of the molecule is COC(=O)CCC(N)Cc1cnn(C)c1C. The van der Waals surface area contributed by atoms with Crippen LogP contribution < -0.4 is 5.73 Å². The summed E-state index contributed by atoms with van der Waals surface area (Å²) in [5.74, 6) is -0.210. The minimum absolute atomic E-state index is 0.0259. The van der Waals surface area contributed by atoms with Crippen LogP contribution in [0.4, 0.5) is 0 Å². The van der Waals surface area contributed by atoms with Gasteiger partial charge in [0.2, 0.25) is 0 Å². The molecule has 0 radical (unpaired) electrons. The molecule has 16 heavy (non-hydrogen) atoms. The molecular weight excluding hydrogens is 206 g/mol. The number of rotatable bonds is 5. The van der Waals surface area contributed by atoms with Crippen LogP contribution in [0.3, 0.4) is 0 Å². The van der Waals surface area contributed by atoms with E-state index < -0.39 is 0 Å². The maximum Gasteiger partial charge on any atom is 0.305 e. The highest BCUT2D eigenvalue weighted by atomic mass is 16.5. The van der Waals surface area contributed by atoms with E-state index in [2.05, 4.69) is 9.84 Å². The Bertz CT molecular complexity index is 360. The van der Waals surface area contributed by atoms with E-state index in [1.807, 2.05) is 24.9 Å². The molecular formula is C11H19N3O2. The Morgan fingerprint density at radius 3 is 2.88 bits per heavy atom. The summed E-state index contributed by atoms with van der Waals surface area (Å²) in [6, 6.07) is -0.0259. The molecule has 0 aliphatic heterocycles. The molecule has 0 bridgehead atoms. The molecule has 0 aliphatic carbocycles. The minimum atomic E-state index is -0.210. The molecule has 5 heteroatoms. The number of aryl methyl sites for hydroxylation is 1. The van der Waals surface area contributed by atoms with Crippen LogP contribution in [0.15, 0.2) is 6.20 Å². The summed E-state index contributed by atoms with van der Waals surface area (Å²) >= 11 is 0. The van der Waals surface area contributed by atoms with E-state index in [1.54, 1.807) is 0 Å². The summed E-state index contributed by atoms with van der Waals surface area (Å²) in [5, 5.41) is 4.15. The fourth-order valence-electron chi connectivity index (χ4n) is 1.53. The highest BCUT2D eigenvalue weighted by Gasteiger charge is 2.11. The molecule has 90 valence electrons. The van der Waals surface area contributed by atoms with Crippen molar-refractivity contribution in [1.29, 1.82) is 0 Å². The van der Waals surface area contributed by atoms with Crippen molar-refractivity contribution in [2.75, 3.05) is 7.11 Å². The van der Waals surface area contributed by atoms with Crippen molar-refractivity contribution in [1.82, 2.24) is 9.78 Å². The number of hydrogen-bond donors (Lipinski definition) is 1. The second-order valence-corrected chi connectivity index (χ2v) is 3.96. The molecule has 1 aromatic heterocycles. The molecule has 0 fully saturated rings. The van der Waals surface area contributed by atoms with Gasteiger partial charge in [-0.1, -0.05) is 0 Å². The molecule has 0 saturated carbocycles. The zero-order valence-corrected chi connectivity index (χ0v) is 10.1. The predicted molar refractivity (Wildman–Crippen MR) is 60.9 cm³/mol. The molecule has 5 nitrogen and oxygen atoms in total. The van der Waals surface area contributed by atoms with Gasteiger partial charge < -0.3 is 10.5 Å². The average molecular weight is 225 g/mol. The second-order valence-electron chi connectivity index (χ2n) is 3.96. The molecule has 0 aromatic carbocycles. The van der Waals surface area contributed by atoms with Gasteiger partial charge in [0.15, 0.2) is 0 Å². The van der Waals surface area contributed by atoms with Gasteiger partial charge in [-0.15, -0.1) is 0 Å². The molecule has 1 heterocycles. The van der Waals surface area contributed by atoms with Gasteiger partial charge in [-0.05, 0) is 25.3 Å². The third-order valence-corrected chi connectivity index (χ3v) is 2.77. The summed E-state index contributed by atoms with van der Waals surface area (Å²) < 4.78 is 6.39. The van der Waals surface area contributed by atoms with Crippen molar-refractivity contribution in [3.63, 3.8) is 0 Å². The number of carbonyl (C=O) groups is 1. The number of methoxy groups -OCH3 is 1. The van der Waals surface area contributed by atoms with E-state index >= 15 is 0 Å². The van der Waals surface area contributed by atoms with Gasteiger partial charge in [0, 0.05) is 25.2 Å². The summed E-state index contributed by atoms with van der Waals surface area (Å²) in [5.41, 5.74) is 8.20. The third-order valence-electron chi connectivity index (χ3n) is 2.77. The quantitative estimate of drug-likeness (QED) is 0.743. The van der Waals surface area contributed by atoms with Crippen LogP contribution in [0.5, 0.6) is 0 Å². The highest BCUT2D eigenvalue weighted by Crippen LogP contribution is 2.10. The summed E-state index contributed by atoms with van der Waals surface area (Å²) in [4.78, 5) is 10.9. The molecule has 1 aromatic rings. The molecule has 1 unspecified atom stereocenters. The number of aromatic nitrogens is 2. The Balaban J connectivity index is 2.42. The fraction of sp³-hybridized carbons (Fsp3) is 0.636. The van der Waals surface area contributed by atoms with Gasteiger partial charge in [0.1, 0.15) is 0 Å². The number of carbonyl (C=O) groups excluding carboxylic acids is 1. The van der Waals surface area contributed by atoms with E-state index in [9.17, 15) is 4.79 Å². The predicted octanol–water partition coefficient (Wildman–Crippen LogP) is 0.552.